The molecule has 0 saturated heterocycles. The molecular formula is C22H25ClN2O4. The van der Waals surface area contributed by atoms with Crippen molar-refractivity contribution in [3.63, 3.8) is 0 Å². The second kappa shape index (κ2) is 8.84. The number of hydrogen-bond acceptors (Lipinski definition) is 5. The molecule has 6 nitrogen and oxygen atoms in total. The van der Waals surface area contributed by atoms with Crippen molar-refractivity contribution in [2.24, 2.45) is 11.7 Å². The van der Waals surface area contributed by atoms with Gasteiger partial charge in [-0.2, -0.15) is 0 Å². The lowest BCUT2D eigenvalue weighted by atomic mass is 9.92. The van der Waals surface area contributed by atoms with Gasteiger partial charge >= 0.3 is 6.16 Å². The van der Waals surface area contributed by atoms with Gasteiger partial charge in [-0.1, -0.05) is 36.7 Å². The zero-order valence-corrected chi connectivity index (χ0v) is 17.5. The van der Waals surface area contributed by atoms with Crippen molar-refractivity contribution < 1.29 is 19.1 Å². The van der Waals surface area contributed by atoms with Crippen LogP contribution in [0.3, 0.4) is 0 Å². The number of fused-ring (bicyclic) bond motifs is 1. The Kier molecular flexibility index (Phi) is 6.45. The summed E-state index contributed by atoms with van der Waals surface area (Å²) in [5, 5.41) is 0.388. The maximum absolute atomic E-state index is 13.2. The minimum Gasteiger partial charge on any atom is -0.437 e. The van der Waals surface area contributed by atoms with Crippen LogP contribution >= 0.6 is 11.6 Å². The molecule has 1 aliphatic heterocycles. The third-order valence-corrected chi connectivity index (χ3v) is 5.45. The SMILES string of the molecule is COC(=O)Oc1cc(C)c(C[C@@H](N)C(=O)N2CC(C)Cc3ccccc32)c(Cl)c1. The molecule has 2 aromatic carbocycles. The van der Waals surface area contributed by atoms with E-state index in [9.17, 15) is 9.59 Å². The lowest BCUT2D eigenvalue weighted by Crippen LogP contribution is -2.48. The molecule has 29 heavy (non-hydrogen) atoms. The monoisotopic (exact) mass is 416 g/mol. The van der Waals surface area contributed by atoms with E-state index in [-0.39, 0.29) is 18.1 Å². The van der Waals surface area contributed by atoms with E-state index in [0.717, 1.165) is 28.8 Å². The first-order valence-electron chi connectivity index (χ1n) is 9.49. The van der Waals surface area contributed by atoms with Crippen molar-refractivity contribution in [2.45, 2.75) is 32.7 Å². The Labute approximate surface area is 175 Å². The molecule has 7 heteroatoms. The standard InChI is InChI=1S/C22H25ClN2O4/c1-13-8-15-6-4-5-7-20(15)25(12-13)21(26)19(24)11-17-14(2)9-16(10-18(17)23)29-22(27)28-3/h4-7,9-10,13,19H,8,11-12,24H2,1-3H3/t13?,19-/m1/s1. The second-order valence-electron chi connectivity index (χ2n) is 7.45. The van der Waals surface area contributed by atoms with Gasteiger partial charge in [0.05, 0.1) is 13.2 Å². The number of methoxy groups -OCH3 is 1. The zero-order valence-electron chi connectivity index (χ0n) is 16.8. The summed E-state index contributed by atoms with van der Waals surface area (Å²) in [7, 11) is 1.23. The van der Waals surface area contributed by atoms with Crippen molar-refractivity contribution in [2.75, 3.05) is 18.6 Å². The van der Waals surface area contributed by atoms with Crippen LogP contribution in [0, 0.1) is 12.8 Å². The van der Waals surface area contributed by atoms with Gasteiger partial charge in [-0.3, -0.25) is 4.79 Å². The van der Waals surface area contributed by atoms with E-state index in [2.05, 4.69) is 17.7 Å². The average Bonchev–Trinajstić information content (AvgIpc) is 2.69. The highest BCUT2D eigenvalue weighted by atomic mass is 35.5. The molecule has 2 aromatic rings. The molecule has 2 N–H and O–H groups in total. The highest BCUT2D eigenvalue weighted by Crippen LogP contribution is 2.31. The van der Waals surface area contributed by atoms with Crippen LogP contribution in [0.15, 0.2) is 36.4 Å². The molecule has 3 rings (SSSR count). The van der Waals surface area contributed by atoms with Crippen LogP contribution in [-0.4, -0.2) is 31.8 Å². The van der Waals surface area contributed by atoms with Crippen LogP contribution < -0.4 is 15.4 Å². The Morgan fingerprint density at radius 3 is 2.72 bits per heavy atom. The number of benzene rings is 2. The van der Waals surface area contributed by atoms with Gasteiger partial charge in [-0.05, 0) is 60.6 Å². The first-order valence-corrected chi connectivity index (χ1v) is 9.87. The van der Waals surface area contributed by atoms with Gasteiger partial charge in [0, 0.05) is 17.3 Å². The number of carbonyl (C=O) groups is 2. The number of anilines is 1. The molecule has 1 amide bonds. The smallest absolute Gasteiger partial charge is 0.437 e. The van der Waals surface area contributed by atoms with Crippen LogP contribution in [-0.2, 0) is 22.4 Å². The van der Waals surface area contributed by atoms with Crippen LogP contribution in [0.4, 0.5) is 10.5 Å². The van der Waals surface area contributed by atoms with E-state index < -0.39 is 12.2 Å². The fourth-order valence-corrected chi connectivity index (χ4v) is 4.04. The van der Waals surface area contributed by atoms with E-state index in [0.29, 0.717) is 17.5 Å². The molecule has 0 radical (unpaired) electrons. The Morgan fingerprint density at radius 2 is 2.03 bits per heavy atom. The predicted octanol–water partition coefficient (Wildman–Crippen LogP) is 3.89. The van der Waals surface area contributed by atoms with Gasteiger partial charge < -0.3 is 20.1 Å². The Morgan fingerprint density at radius 1 is 1.31 bits per heavy atom. The summed E-state index contributed by atoms with van der Waals surface area (Å²) in [6.45, 7) is 4.60. The van der Waals surface area contributed by atoms with Crippen molar-refractivity contribution in [3.8, 4) is 5.75 Å². The minimum absolute atomic E-state index is 0.130. The molecule has 2 atom stereocenters. The predicted molar refractivity (Wildman–Crippen MR) is 113 cm³/mol. The van der Waals surface area contributed by atoms with E-state index in [4.69, 9.17) is 22.1 Å². The Balaban J connectivity index is 1.79. The molecule has 1 unspecified atom stereocenters. The summed E-state index contributed by atoms with van der Waals surface area (Å²) in [5.41, 5.74) is 9.93. The van der Waals surface area contributed by atoms with Gasteiger partial charge in [0.2, 0.25) is 5.91 Å². The molecule has 0 spiro atoms. The molecule has 1 heterocycles. The molecule has 0 saturated carbocycles. The molecular weight excluding hydrogens is 392 g/mol. The third kappa shape index (κ3) is 4.71. The zero-order chi connectivity index (χ0) is 21.1. The highest BCUT2D eigenvalue weighted by Gasteiger charge is 2.30. The Bertz CT molecular complexity index is 908. The number of amides is 1. The maximum Gasteiger partial charge on any atom is 0.513 e. The second-order valence-corrected chi connectivity index (χ2v) is 7.86. The molecule has 1 aliphatic rings. The van der Waals surface area contributed by atoms with Crippen LogP contribution in [0.25, 0.3) is 0 Å². The third-order valence-electron chi connectivity index (χ3n) is 5.11. The number of aryl methyl sites for hydroxylation is 1. The van der Waals surface area contributed by atoms with Gasteiger partial charge in [-0.15, -0.1) is 0 Å². The average molecular weight is 417 g/mol. The number of para-hydroxylation sites is 1. The summed E-state index contributed by atoms with van der Waals surface area (Å²) in [5.74, 6) is 0.511. The highest BCUT2D eigenvalue weighted by molar-refractivity contribution is 6.31. The summed E-state index contributed by atoms with van der Waals surface area (Å²) < 4.78 is 9.52. The largest absolute Gasteiger partial charge is 0.513 e. The van der Waals surface area contributed by atoms with E-state index in [1.165, 1.54) is 13.2 Å². The van der Waals surface area contributed by atoms with E-state index >= 15 is 0 Å². The lowest BCUT2D eigenvalue weighted by Gasteiger charge is -2.34. The van der Waals surface area contributed by atoms with Gasteiger partial charge in [0.25, 0.3) is 0 Å². The lowest BCUT2D eigenvalue weighted by molar-refractivity contribution is -0.120. The summed E-state index contributed by atoms with van der Waals surface area (Å²) >= 11 is 6.39. The molecule has 0 aliphatic carbocycles. The normalized spacial score (nSPS) is 16.7. The number of hydrogen-bond donors (Lipinski definition) is 1. The van der Waals surface area contributed by atoms with E-state index in [1.54, 1.807) is 11.0 Å². The minimum atomic E-state index is -0.821. The number of halogens is 1. The summed E-state index contributed by atoms with van der Waals surface area (Å²) in [6.07, 6.45) is 0.412. The number of nitrogens with two attached hydrogens (primary N) is 1. The van der Waals surface area contributed by atoms with Crippen LogP contribution in [0.1, 0.15) is 23.6 Å². The first-order chi connectivity index (χ1) is 13.8. The molecule has 0 fully saturated rings. The van der Waals surface area contributed by atoms with Crippen molar-refractivity contribution >= 4 is 29.4 Å². The number of rotatable bonds is 4. The number of nitrogens with zero attached hydrogens (tertiary/aromatic N) is 1. The molecule has 0 aromatic heterocycles. The summed E-state index contributed by atoms with van der Waals surface area (Å²) in [4.78, 5) is 26.2. The topological polar surface area (TPSA) is 81.9 Å². The van der Waals surface area contributed by atoms with Gasteiger partial charge in [-0.25, -0.2) is 4.79 Å². The van der Waals surface area contributed by atoms with Crippen LogP contribution in [0.5, 0.6) is 5.75 Å². The molecule has 0 bridgehead atoms. The van der Waals surface area contributed by atoms with Gasteiger partial charge in [0.15, 0.2) is 0 Å². The maximum atomic E-state index is 13.2. The fraction of sp³-hybridized carbons (Fsp3) is 0.364. The van der Waals surface area contributed by atoms with Crippen molar-refractivity contribution in [3.05, 3.63) is 58.1 Å². The van der Waals surface area contributed by atoms with Crippen molar-refractivity contribution in [1.82, 2.24) is 0 Å². The Hall–Kier alpha value is -2.57. The first kappa shape index (κ1) is 21.1. The number of carbonyl (C=O) groups excluding carboxylic acids is 2. The van der Waals surface area contributed by atoms with E-state index in [1.807, 2.05) is 25.1 Å². The summed E-state index contributed by atoms with van der Waals surface area (Å²) in [6, 6.07) is 10.4. The van der Waals surface area contributed by atoms with Crippen LogP contribution in [0.2, 0.25) is 5.02 Å². The quantitative estimate of drug-likeness (QED) is 0.604. The van der Waals surface area contributed by atoms with Gasteiger partial charge in [0.1, 0.15) is 5.75 Å². The fourth-order valence-electron chi connectivity index (χ4n) is 3.71. The number of ether oxygens (including phenoxy) is 2. The molecule has 154 valence electrons. The van der Waals surface area contributed by atoms with Crippen molar-refractivity contribution in [1.29, 1.82) is 0 Å².